The molecule has 1 aromatic carbocycles. The van der Waals surface area contributed by atoms with Crippen molar-refractivity contribution >= 4 is 29.8 Å². The van der Waals surface area contributed by atoms with E-state index < -0.39 is 11.1 Å². The molecule has 0 radical (unpaired) electrons. The van der Waals surface area contributed by atoms with Crippen LogP contribution in [0.2, 0.25) is 0 Å². The minimum atomic E-state index is -0.680. The fraction of sp³-hybridized carbons (Fsp3) is 0.784. The number of hydrogen-bond acceptors (Lipinski definition) is 8. The highest BCUT2D eigenvalue weighted by molar-refractivity contribution is 6.07. The highest BCUT2D eigenvalue weighted by atomic mass is 16.2. The van der Waals surface area contributed by atoms with Crippen LogP contribution in [-0.2, 0) is 22.7 Å². The first kappa shape index (κ1) is 47.3. The Bertz CT molecular complexity index is 1730. The Morgan fingerprint density at radius 1 is 0.667 bits per heavy atom. The molecule has 350 valence electrons. The molecule has 5 N–H and O–H groups in total. The first-order chi connectivity index (χ1) is 30.5. The number of urea groups is 1. The Kier molecular flexibility index (Phi) is 16.5. The van der Waals surface area contributed by atoms with E-state index in [2.05, 4.69) is 36.2 Å². The third-order valence-corrected chi connectivity index (χ3v) is 16.1. The van der Waals surface area contributed by atoms with Gasteiger partial charge in [0.05, 0.1) is 6.54 Å². The van der Waals surface area contributed by atoms with Gasteiger partial charge in [0.25, 0.3) is 11.8 Å². The fourth-order valence-corrected chi connectivity index (χ4v) is 12.5. The minimum Gasteiger partial charge on any atom is -0.369 e. The highest BCUT2D eigenvalue weighted by Gasteiger charge is 2.49. The molecule has 63 heavy (non-hydrogen) atoms. The number of nitrogens with one attached hydrogen (secondary N) is 1. The lowest BCUT2D eigenvalue weighted by atomic mass is 9.74. The summed E-state index contributed by atoms with van der Waals surface area (Å²) in [6, 6.07) is 9.18. The maximum absolute atomic E-state index is 13.7. The molecular formula is C51H83N9O3. The van der Waals surface area contributed by atoms with Crippen LogP contribution >= 0.6 is 0 Å². The minimum absolute atomic E-state index is 0.0144. The van der Waals surface area contributed by atoms with Gasteiger partial charge in [-0.15, -0.1) is 0 Å². The van der Waals surface area contributed by atoms with Crippen LogP contribution < -0.4 is 16.8 Å². The SMILES string of the molecule is CCCCC1(CC2CCCCC2)N=C(N)N(Cc2ccc(CN3C[C@H](CCC)NC3=O)cc2)C1=O.CN1C(=O)[C@@](CCC2CCCCC2)(C[C@H]2CCC[C@H](N3CCCC3)C2)N=C1N. The molecule has 0 bridgehead atoms. The van der Waals surface area contributed by atoms with Crippen LogP contribution in [0, 0.1) is 17.8 Å². The van der Waals surface area contributed by atoms with Gasteiger partial charge in [-0.25, -0.2) is 14.8 Å². The van der Waals surface area contributed by atoms with Gasteiger partial charge < -0.3 is 26.6 Å². The Balaban J connectivity index is 0.000000193. The first-order valence-electron chi connectivity index (χ1n) is 25.7. The monoisotopic (exact) mass is 870 g/mol. The van der Waals surface area contributed by atoms with Crippen LogP contribution in [0.3, 0.4) is 0 Å². The number of carbonyl (C=O) groups excluding carboxylic acids is 3. The second-order valence-corrected chi connectivity index (χ2v) is 20.9. The van der Waals surface area contributed by atoms with Crippen molar-refractivity contribution in [3.63, 3.8) is 0 Å². The van der Waals surface area contributed by atoms with E-state index in [1.54, 1.807) is 16.8 Å². The van der Waals surface area contributed by atoms with Crippen LogP contribution in [0.15, 0.2) is 34.3 Å². The zero-order valence-electron chi connectivity index (χ0n) is 39.5. The number of hydrogen-bond donors (Lipinski definition) is 3. The predicted octanol–water partition coefficient (Wildman–Crippen LogP) is 8.85. The number of nitrogens with two attached hydrogens (primary N) is 2. The number of aliphatic imine (C=N–C) groups is 2. The molecule has 5 atom stereocenters. The topological polar surface area (TPSA) is 153 Å². The molecule has 4 heterocycles. The van der Waals surface area contributed by atoms with Crippen molar-refractivity contribution in [3.8, 4) is 0 Å². The van der Waals surface area contributed by atoms with Crippen LogP contribution in [0.4, 0.5) is 4.79 Å². The largest absolute Gasteiger partial charge is 0.369 e. The predicted molar refractivity (Wildman–Crippen MR) is 254 cm³/mol. The summed E-state index contributed by atoms with van der Waals surface area (Å²) in [5.74, 6) is 2.99. The average Bonchev–Trinajstić information content (AvgIpc) is 4.05. The molecule has 1 unspecified atom stereocenters. The van der Waals surface area contributed by atoms with Crippen molar-refractivity contribution in [1.82, 2.24) is 24.9 Å². The van der Waals surface area contributed by atoms with Crippen molar-refractivity contribution < 1.29 is 14.4 Å². The van der Waals surface area contributed by atoms with Crippen molar-refractivity contribution in [1.29, 1.82) is 0 Å². The number of rotatable bonds is 17. The Morgan fingerprint density at radius 2 is 1.27 bits per heavy atom. The van der Waals surface area contributed by atoms with E-state index >= 15 is 0 Å². The van der Waals surface area contributed by atoms with Crippen molar-refractivity contribution in [2.75, 3.05) is 26.7 Å². The summed E-state index contributed by atoms with van der Waals surface area (Å²) in [6.07, 6.45) is 29.5. The quantitative estimate of drug-likeness (QED) is 0.142. The van der Waals surface area contributed by atoms with Gasteiger partial charge in [0.15, 0.2) is 11.9 Å². The van der Waals surface area contributed by atoms with E-state index in [0.717, 1.165) is 87.4 Å². The summed E-state index contributed by atoms with van der Waals surface area (Å²) in [6.45, 7) is 8.64. The zero-order valence-corrected chi connectivity index (χ0v) is 39.5. The van der Waals surface area contributed by atoms with Gasteiger partial charge in [0.2, 0.25) is 0 Å². The molecule has 8 rings (SSSR count). The maximum atomic E-state index is 13.7. The van der Waals surface area contributed by atoms with Gasteiger partial charge in [-0.2, -0.15) is 0 Å². The van der Waals surface area contributed by atoms with Crippen molar-refractivity contribution in [2.45, 2.75) is 211 Å². The lowest BCUT2D eigenvalue weighted by Crippen LogP contribution is -2.45. The van der Waals surface area contributed by atoms with Gasteiger partial charge in [0, 0.05) is 32.2 Å². The summed E-state index contributed by atoms with van der Waals surface area (Å²) < 4.78 is 0. The molecule has 2 saturated heterocycles. The van der Waals surface area contributed by atoms with E-state index in [4.69, 9.17) is 21.5 Å². The number of benzene rings is 1. The van der Waals surface area contributed by atoms with Gasteiger partial charge in [-0.1, -0.05) is 134 Å². The number of likely N-dealkylation sites (tertiary alicyclic amines) is 1. The summed E-state index contributed by atoms with van der Waals surface area (Å²) in [7, 11) is 1.80. The summed E-state index contributed by atoms with van der Waals surface area (Å²) >= 11 is 0. The van der Waals surface area contributed by atoms with Crippen LogP contribution in [0.5, 0.6) is 0 Å². The number of carbonyl (C=O) groups is 3. The number of guanidine groups is 2. The van der Waals surface area contributed by atoms with E-state index in [9.17, 15) is 14.4 Å². The summed E-state index contributed by atoms with van der Waals surface area (Å²) in [4.78, 5) is 56.8. The van der Waals surface area contributed by atoms with Gasteiger partial charge in [-0.05, 0) is 106 Å². The summed E-state index contributed by atoms with van der Waals surface area (Å²) in [5, 5.41) is 3.06. The molecule has 12 nitrogen and oxygen atoms in total. The number of unbranched alkanes of at least 4 members (excludes halogenated alkanes) is 1. The van der Waals surface area contributed by atoms with Crippen LogP contribution in [-0.4, -0.2) is 99.2 Å². The van der Waals surface area contributed by atoms with Gasteiger partial charge in [-0.3, -0.25) is 19.4 Å². The molecule has 7 aliphatic rings. The van der Waals surface area contributed by atoms with Crippen LogP contribution in [0.1, 0.15) is 185 Å². The number of nitrogens with zero attached hydrogens (tertiary/aromatic N) is 6. The Labute approximate surface area is 379 Å². The number of amides is 4. The van der Waals surface area contributed by atoms with Crippen molar-refractivity contribution in [2.24, 2.45) is 39.2 Å². The molecule has 3 aliphatic carbocycles. The van der Waals surface area contributed by atoms with E-state index in [0.29, 0.717) is 36.8 Å². The molecule has 4 amide bonds. The zero-order chi connectivity index (χ0) is 44.4. The van der Waals surface area contributed by atoms with E-state index in [1.807, 2.05) is 17.0 Å². The maximum Gasteiger partial charge on any atom is 0.318 e. The first-order valence-corrected chi connectivity index (χ1v) is 25.7. The molecule has 1 aromatic rings. The molecule has 3 saturated carbocycles. The lowest BCUT2D eigenvalue weighted by Gasteiger charge is -2.38. The summed E-state index contributed by atoms with van der Waals surface area (Å²) in [5.41, 5.74) is 13.4. The van der Waals surface area contributed by atoms with Gasteiger partial charge >= 0.3 is 6.03 Å². The Hall–Kier alpha value is -3.67. The second-order valence-electron chi connectivity index (χ2n) is 20.9. The van der Waals surface area contributed by atoms with Crippen LogP contribution in [0.25, 0.3) is 0 Å². The molecule has 4 aliphatic heterocycles. The standard InChI is InChI=1S/C28H43N5O2.C23H40N4O/c1-3-5-16-28(17-21-10-7-6-8-11-21)25(34)33(26(29)31-28)19-23-14-12-22(13-15-23)18-32-20-24(9-4-2)30-27(32)35;1-26-21(28)23(25-22(26)24,13-12-18-8-3-2-4-9-18)17-19-10-7-11-20(16-19)27-14-5-6-15-27/h12-15,21,24H,3-11,16-20H2,1-2H3,(H2,29,31)(H,30,35);18-20H,2-17H2,1H3,(H2,24,25)/t24-,28?;19-,20-,23+/m00/s1. The smallest absolute Gasteiger partial charge is 0.318 e. The average molecular weight is 870 g/mol. The molecule has 0 spiro atoms. The number of likely N-dealkylation sites (N-methyl/N-ethyl adjacent to an activating group) is 1. The Morgan fingerprint density at radius 3 is 1.90 bits per heavy atom. The molecule has 0 aromatic heterocycles. The van der Waals surface area contributed by atoms with E-state index in [-0.39, 0.29) is 23.9 Å². The lowest BCUT2D eigenvalue weighted by molar-refractivity contribution is -0.133. The van der Waals surface area contributed by atoms with Gasteiger partial charge in [0.1, 0.15) is 11.1 Å². The van der Waals surface area contributed by atoms with E-state index in [1.165, 1.54) is 116 Å². The third kappa shape index (κ3) is 11.8. The molecule has 12 heteroatoms. The third-order valence-electron chi connectivity index (χ3n) is 16.1. The van der Waals surface area contributed by atoms with Crippen molar-refractivity contribution in [3.05, 3.63) is 35.4 Å². The highest BCUT2D eigenvalue weighted by Crippen LogP contribution is 2.42. The molecular weight excluding hydrogens is 787 g/mol. The second kappa shape index (κ2) is 22.0. The molecule has 5 fully saturated rings. The fourth-order valence-electron chi connectivity index (χ4n) is 12.5. The normalized spacial score (nSPS) is 29.9.